The standard InChI is InChI=1S/C27H32F3N5O2S/c28-27(29,30)21-9-12-23(13-10-21)38(37)34-24-7-4-6-20-8-11-22(33-26(20)24)18-31-19-25(36)32-14-5-17-35-15-2-1-3-16-35/h4,6-13,31,34H,1-3,5,14-19H2,(H,32,36). The summed E-state index contributed by atoms with van der Waals surface area (Å²) in [5, 5.41) is 6.86. The summed E-state index contributed by atoms with van der Waals surface area (Å²) in [6.45, 7) is 4.49. The molecule has 0 aliphatic carbocycles. The Labute approximate surface area is 222 Å². The van der Waals surface area contributed by atoms with Gasteiger partial charge in [-0.15, -0.1) is 0 Å². The highest BCUT2D eigenvalue weighted by molar-refractivity contribution is 7.86. The molecule has 1 aliphatic rings. The van der Waals surface area contributed by atoms with Crippen molar-refractivity contribution in [2.75, 3.05) is 37.4 Å². The van der Waals surface area contributed by atoms with Gasteiger partial charge in [0.05, 0.1) is 33.9 Å². The normalized spacial score (nSPS) is 15.3. The Balaban J connectivity index is 1.28. The second-order valence-electron chi connectivity index (χ2n) is 9.28. The summed E-state index contributed by atoms with van der Waals surface area (Å²) in [5.41, 5.74) is 0.974. The van der Waals surface area contributed by atoms with E-state index in [9.17, 15) is 22.2 Å². The molecule has 11 heteroatoms. The number of alkyl halides is 3. The summed E-state index contributed by atoms with van der Waals surface area (Å²) in [7, 11) is -1.78. The maximum Gasteiger partial charge on any atom is 0.416 e. The van der Waals surface area contributed by atoms with Gasteiger partial charge in [0.15, 0.2) is 0 Å². The largest absolute Gasteiger partial charge is 0.416 e. The first kappa shape index (κ1) is 28.0. The number of nitrogens with one attached hydrogen (secondary N) is 3. The first-order chi connectivity index (χ1) is 18.3. The van der Waals surface area contributed by atoms with Crippen molar-refractivity contribution in [1.29, 1.82) is 0 Å². The number of fused-ring (bicyclic) bond motifs is 1. The van der Waals surface area contributed by atoms with Crippen molar-refractivity contribution in [2.24, 2.45) is 0 Å². The van der Waals surface area contributed by atoms with Crippen LogP contribution in [0.1, 0.15) is 36.9 Å². The molecule has 1 amide bonds. The van der Waals surface area contributed by atoms with Crippen molar-refractivity contribution < 1.29 is 22.2 Å². The number of hydrogen-bond donors (Lipinski definition) is 3. The minimum atomic E-state index is -4.45. The van der Waals surface area contributed by atoms with Crippen LogP contribution in [0, 0.1) is 0 Å². The van der Waals surface area contributed by atoms with Crippen LogP contribution >= 0.6 is 0 Å². The third-order valence-electron chi connectivity index (χ3n) is 6.39. The number of likely N-dealkylation sites (tertiary alicyclic amines) is 1. The minimum Gasteiger partial charge on any atom is -0.355 e. The van der Waals surface area contributed by atoms with Crippen LogP contribution in [-0.2, 0) is 28.5 Å². The lowest BCUT2D eigenvalue weighted by molar-refractivity contribution is -0.137. The van der Waals surface area contributed by atoms with E-state index in [1.54, 1.807) is 12.1 Å². The SMILES string of the molecule is O=C(CNCc1ccc2cccc(NS(=O)c3ccc(C(F)(F)F)cc3)c2n1)NCCCN1CCCCC1. The van der Waals surface area contributed by atoms with E-state index in [4.69, 9.17) is 0 Å². The van der Waals surface area contributed by atoms with Crippen LogP contribution in [0.15, 0.2) is 59.5 Å². The molecule has 0 saturated carbocycles. The van der Waals surface area contributed by atoms with E-state index in [-0.39, 0.29) is 17.3 Å². The number of carbonyl (C=O) groups is 1. The molecule has 38 heavy (non-hydrogen) atoms. The predicted octanol–water partition coefficient (Wildman–Crippen LogP) is 4.47. The Hall–Kier alpha value is -3.02. The van der Waals surface area contributed by atoms with Crippen LogP contribution in [0.5, 0.6) is 0 Å². The Bertz CT molecular complexity index is 1250. The summed E-state index contributed by atoms with van der Waals surface area (Å²) >= 11 is 0. The first-order valence-corrected chi connectivity index (χ1v) is 13.9. The van der Waals surface area contributed by atoms with Gasteiger partial charge in [0.2, 0.25) is 5.91 Å². The molecule has 204 valence electrons. The van der Waals surface area contributed by atoms with Crippen molar-refractivity contribution >= 4 is 33.5 Å². The molecule has 2 aromatic carbocycles. The molecule has 0 spiro atoms. The van der Waals surface area contributed by atoms with Gasteiger partial charge in [-0.05, 0) is 75.3 Å². The number of aromatic nitrogens is 1. The molecule has 4 rings (SSSR count). The van der Waals surface area contributed by atoms with Crippen molar-refractivity contribution in [1.82, 2.24) is 20.5 Å². The lowest BCUT2D eigenvalue weighted by atomic mass is 10.1. The van der Waals surface area contributed by atoms with Gasteiger partial charge in [0.25, 0.3) is 0 Å². The fraction of sp³-hybridized carbons (Fsp3) is 0.407. The molecule has 3 aromatic rings. The number of rotatable bonds is 11. The molecular formula is C27H32F3N5O2S. The van der Waals surface area contributed by atoms with Gasteiger partial charge in [-0.3, -0.25) is 9.52 Å². The summed E-state index contributed by atoms with van der Waals surface area (Å²) in [6.07, 6.45) is 0.304. The Morgan fingerprint density at radius 2 is 1.76 bits per heavy atom. The maximum absolute atomic E-state index is 12.8. The van der Waals surface area contributed by atoms with Crippen molar-refractivity contribution in [3.8, 4) is 0 Å². The van der Waals surface area contributed by atoms with Gasteiger partial charge in [-0.2, -0.15) is 13.2 Å². The van der Waals surface area contributed by atoms with E-state index in [2.05, 4.69) is 25.2 Å². The van der Waals surface area contributed by atoms with E-state index in [1.165, 1.54) is 31.4 Å². The number of carbonyl (C=O) groups excluding carboxylic acids is 1. The number of para-hydroxylation sites is 1. The predicted molar refractivity (Wildman–Crippen MR) is 143 cm³/mol. The molecule has 7 nitrogen and oxygen atoms in total. The summed E-state index contributed by atoms with van der Waals surface area (Å²) in [6, 6.07) is 13.3. The molecule has 1 fully saturated rings. The Morgan fingerprint density at radius 1 is 1.00 bits per heavy atom. The van der Waals surface area contributed by atoms with E-state index in [0.29, 0.717) is 30.0 Å². The first-order valence-electron chi connectivity index (χ1n) is 12.7. The number of anilines is 1. The molecule has 1 unspecified atom stereocenters. The van der Waals surface area contributed by atoms with Crippen LogP contribution < -0.4 is 15.4 Å². The van der Waals surface area contributed by atoms with Crippen LogP contribution in [0.25, 0.3) is 10.9 Å². The van der Waals surface area contributed by atoms with E-state index in [1.807, 2.05) is 18.2 Å². The third kappa shape index (κ3) is 7.99. The molecule has 1 aliphatic heterocycles. The molecular weight excluding hydrogens is 515 g/mol. The number of amides is 1. The minimum absolute atomic E-state index is 0.0706. The molecule has 2 heterocycles. The number of pyridine rings is 1. The van der Waals surface area contributed by atoms with Gasteiger partial charge in [0.1, 0.15) is 11.0 Å². The van der Waals surface area contributed by atoms with Crippen molar-refractivity contribution in [3.05, 3.63) is 65.9 Å². The fourth-order valence-electron chi connectivity index (χ4n) is 4.37. The third-order valence-corrected chi connectivity index (χ3v) is 7.50. The molecule has 1 saturated heterocycles. The van der Waals surface area contributed by atoms with E-state index in [0.717, 1.165) is 43.6 Å². The fourth-order valence-corrected chi connectivity index (χ4v) is 5.24. The van der Waals surface area contributed by atoms with Crippen molar-refractivity contribution in [3.63, 3.8) is 0 Å². The number of hydrogen-bond acceptors (Lipinski definition) is 5. The van der Waals surface area contributed by atoms with Crippen LogP contribution in [0.4, 0.5) is 18.9 Å². The average Bonchev–Trinajstić information content (AvgIpc) is 2.91. The lowest BCUT2D eigenvalue weighted by Gasteiger charge is -2.26. The highest BCUT2D eigenvalue weighted by Gasteiger charge is 2.30. The molecule has 1 atom stereocenters. The highest BCUT2D eigenvalue weighted by Crippen LogP contribution is 2.30. The summed E-state index contributed by atoms with van der Waals surface area (Å²) in [4.78, 5) is 19.5. The van der Waals surface area contributed by atoms with Crippen LogP contribution in [-0.4, -0.2) is 52.7 Å². The maximum atomic E-state index is 12.8. The van der Waals surface area contributed by atoms with E-state index >= 15 is 0 Å². The molecule has 0 radical (unpaired) electrons. The quantitative estimate of drug-likeness (QED) is 0.309. The van der Waals surface area contributed by atoms with E-state index < -0.39 is 22.7 Å². The monoisotopic (exact) mass is 547 g/mol. The number of halogens is 3. The van der Waals surface area contributed by atoms with Gasteiger partial charge in [-0.1, -0.05) is 24.6 Å². The van der Waals surface area contributed by atoms with Gasteiger partial charge < -0.3 is 15.5 Å². The second-order valence-corrected chi connectivity index (χ2v) is 10.5. The topological polar surface area (TPSA) is 86.4 Å². The van der Waals surface area contributed by atoms with Gasteiger partial charge in [-0.25, -0.2) is 9.19 Å². The number of nitrogens with zero attached hydrogens (tertiary/aromatic N) is 2. The molecule has 3 N–H and O–H groups in total. The average molecular weight is 548 g/mol. The highest BCUT2D eigenvalue weighted by atomic mass is 32.2. The summed E-state index contributed by atoms with van der Waals surface area (Å²) < 4.78 is 54.1. The van der Waals surface area contributed by atoms with Crippen LogP contribution in [0.2, 0.25) is 0 Å². The zero-order chi connectivity index (χ0) is 27.0. The smallest absolute Gasteiger partial charge is 0.355 e. The summed E-state index contributed by atoms with van der Waals surface area (Å²) in [5.74, 6) is -0.0706. The van der Waals surface area contributed by atoms with Gasteiger partial charge >= 0.3 is 6.18 Å². The lowest BCUT2D eigenvalue weighted by Crippen LogP contribution is -2.36. The Kier molecular flexibility index (Phi) is 9.70. The van der Waals surface area contributed by atoms with Gasteiger partial charge in [0, 0.05) is 18.5 Å². The molecule has 0 bridgehead atoms. The zero-order valence-corrected chi connectivity index (χ0v) is 21.8. The number of benzene rings is 2. The second kappa shape index (κ2) is 13.2. The Morgan fingerprint density at radius 3 is 2.50 bits per heavy atom. The zero-order valence-electron chi connectivity index (χ0n) is 21.0. The van der Waals surface area contributed by atoms with Crippen molar-refractivity contribution in [2.45, 2.75) is 43.3 Å². The molecule has 1 aromatic heterocycles. The number of piperidine rings is 1. The van der Waals surface area contributed by atoms with Crippen LogP contribution in [0.3, 0.4) is 0 Å².